The number of rotatable bonds is 4. The number of H-pyrrole nitrogens is 1. The molecule has 0 unspecified atom stereocenters. The Balaban J connectivity index is 1.54. The molecule has 3 N–H and O–H groups in total. The number of amidine groups is 1. The maximum atomic E-state index is 15.1. The molecule has 0 saturated heterocycles. The van der Waals surface area contributed by atoms with Crippen LogP contribution in [0, 0.1) is 5.82 Å². The van der Waals surface area contributed by atoms with Crippen molar-refractivity contribution >= 4 is 28.4 Å². The number of fused-ring (bicyclic) bond motifs is 2. The lowest BCUT2D eigenvalue weighted by atomic mass is 9.94. The molecule has 0 saturated carbocycles. The minimum absolute atomic E-state index is 0.286. The summed E-state index contributed by atoms with van der Waals surface area (Å²) in [7, 11) is 1.28. The van der Waals surface area contributed by atoms with Gasteiger partial charge in [0.2, 0.25) is 0 Å². The summed E-state index contributed by atoms with van der Waals surface area (Å²) in [5, 5.41) is 20.4. The third kappa shape index (κ3) is 4.29. The molecule has 0 bridgehead atoms. The molecule has 1 amide bonds. The monoisotopic (exact) mass is 472 g/mol. The minimum atomic E-state index is -0.601. The Bertz CT molecular complexity index is 1560. The third-order valence-corrected chi connectivity index (χ3v) is 6.03. The summed E-state index contributed by atoms with van der Waals surface area (Å²) >= 11 is 0. The van der Waals surface area contributed by atoms with Crippen molar-refractivity contribution in [3.8, 4) is 11.1 Å². The van der Waals surface area contributed by atoms with E-state index in [9.17, 15) is 14.7 Å². The average molecular weight is 472 g/mol. The fourth-order valence-electron chi connectivity index (χ4n) is 4.27. The Morgan fingerprint density at radius 1 is 1.14 bits per heavy atom. The molecule has 1 aliphatic rings. The van der Waals surface area contributed by atoms with Gasteiger partial charge in [0.1, 0.15) is 11.7 Å². The van der Waals surface area contributed by atoms with Crippen LogP contribution in [0.3, 0.4) is 0 Å². The van der Waals surface area contributed by atoms with Gasteiger partial charge >= 0.3 is 6.09 Å². The Morgan fingerprint density at radius 3 is 2.71 bits per heavy atom. The fraction of sp³-hybridized carbons (Fsp3) is 0.154. The molecular formula is C26H21FN4O4. The number of aliphatic hydroxyl groups excluding tert-OH is 1. The normalized spacial score (nSPS) is 12.4. The number of ether oxygens (including phenoxy) is 1. The number of nitrogens with one attached hydrogen (secondary N) is 2. The molecule has 1 aliphatic heterocycles. The van der Waals surface area contributed by atoms with Crippen LogP contribution in [-0.4, -0.2) is 34.3 Å². The SMILES string of the molecule is COC(=O)NC1=Nc2cc(-c3cc(Cc4n[nH]c(=O)c5ccccc45)c(CO)cc3F)ccc2C1. The Morgan fingerprint density at radius 2 is 1.94 bits per heavy atom. The number of carbonyl (C=O) groups excluding carboxylic acids is 1. The summed E-state index contributed by atoms with van der Waals surface area (Å²) in [5.41, 5.74) is 3.94. The van der Waals surface area contributed by atoms with Crippen LogP contribution in [0.15, 0.2) is 64.4 Å². The molecule has 2 heterocycles. The van der Waals surface area contributed by atoms with Crippen LogP contribution in [0.5, 0.6) is 0 Å². The van der Waals surface area contributed by atoms with Gasteiger partial charge in [0.15, 0.2) is 0 Å². The number of methoxy groups -OCH3 is 1. The topological polar surface area (TPSA) is 117 Å². The molecule has 3 aromatic carbocycles. The number of benzene rings is 3. The zero-order valence-electron chi connectivity index (χ0n) is 18.8. The first-order valence-corrected chi connectivity index (χ1v) is 10.9. The maximum Gasteiger partial charge on any atom is 0.412 e. The highest BCUT2D eigenvalue weighted by atomic mass is 19.1. The molecule has 0 fully saturated rings. The highest BCUT2D eigenvalue weighted by Gasteiger charge is 2.19. The van der Waals surface area contributed by atoms with Crippen LogP contribution in [0.25, 0.3) is 21.9 Å². The van der Waals surface area contributed by atoms with E-state index in [1.165, 1.54) is 13.2 Å². The lowest BCUT2D eigenvalue weighted by Crippen LogP contribution is -2.30. The minimum Gasteiger partial charge on any atom is -0.453 e. The van der Waals surface area contributed by atoms with Crippen molar-refractivity contribution < 1.29 is 19.0 Å². The predicted octanol–water partition coefficient (Wildman–Crippen LogP) is 3.75. The zero-order valence-corrected chi connectivity index (χ0v) is 18.8. The van der Waals surface area contributed by atoms with Crippen molar-refractivity contribution in [3.05, 3.63) is 93.2 Å². The Kier molecular flexibility index (Phi) is 5.84. The number of aliphatic hydroxyl groups is 1. The first-order chi connectivity index (χ1) is 17.0. The predicted molar refractivity (Wildman–Crippen MR) is 129 cm³/mol. The van der Waals surface area contributed by atoms with Crippen LogP contribution in [-0.2, 0) is 24.2 Å². The number of hydrogen-bond donors (Lipinski definition) is 3. The summed E-state index contributed by atoms with van der Waals surface area (Å²) in [6, 6.07) is 15.5. The summed E-state index contributed by atoms with van der Waals surface area (Å²) < 4.78 is 19.7. The third-order valence-electron chi connectivity index (χ3n) is 6.03. The standard InChI is InChI=1S/C26H21FN4O4/c1-35-26(34)29-24-12-15-7-6-14(10-22(15)28-24)20-8-16(17(13-32)9-21(20)27)11-23-18-4-2-3-5-19(18)25(33)31-30-23/h2-10,32H,11-13H2,1H3,(H,31,33)(H,28,29,34). The summed E-state index contributed by atoms with van der Waals surface area (Å²) in [6.07, 6.45) is 0.124. The van der Waals surface area contributed by atoms with Gasteiger partial charge in [-0.3, -0.25) is 10.1 Å². The van der Waals surface area contributed by atoms with Gasteiger partial charge in [-0.1, -0.05) is 30.3 Å². The van der Waals surface area contributed by atoms with Crippen molar-refractivity contribution in [1.29, 1.82) is 0 Å². The van der Waals surface area contributed by atoms with Crippen molar-refractivity contribution in [3.63, 3.8) is 0 Å². The molecule has 0 aliphatic carbocycles. The van der Waals surface area contributed by atoms with E-state index in [1.54, 1.807) is 30.3 Å². The first kappa shape index (κ1) is 22.4. The maximum absolute atomic E-state index is 15.1. The number of amides is 1. The highest BCUT2D eigenvalue weighted by molar-refractivity contribution is 6.01. The van der Waals surface area contributed by atoms with E-state index in [0.717, 1.165) is 5.56 Å². The number of hydrogen-bond acceptors (Lipinski definition) is 6. The van der Waals surface area contributed by atoms with E-state index in [2.05, 4.69) is 25.2 Å². The lowest BCUT2D eigenvalue weighted by molar-refractivity contribution is 0.176. The molecule has 4 aromatic rings. The van der Waals surface area contributed by atoms with E-state index in [1.807, 2.05) is 18.2 Å². The van der Waals surface area contributed by atoms with Crippen LogP contribution < -0.4 is 10.9 Å². The van der Waals surface area contributed by atoms with Crippen LogP contribution in [0.4, 0.5) is 14.9 Å². The highest BCUT2D eigenvalue weighted by Crippen LogP contribution is 2.34. The van der Waals surface area contributed by atoms with Crippen molar-refractivity contribution in [2.45, 2.75) is 19.4 Å². The fourth-order valence-corrected chi connectivity index (χ4v) is 4.27. The molecule has 0 atom stereocenters. The van der Waals surface area contributed by atoms with Gasteiger partial charge in [-0.15, -0.1) is 0 Å². The number of nitrogens with zero attached hydrogens (tertiary/aromatic N) is 2. The number of aliphatic imine (C=N–C) groups is 1. The van der Waals surface area contributed by atoms with Crippen LogP contribution >= 0.6 is 0 Å². The molecule has 0 spiro atoms. The van der Waals surface area contributed by atoms with E-state index >= 15 is 4.39 Å². The smallest absolute Gasteiger partial charge is 0.412 e. The van der Waals surface area contributed by atoms with Gasteiger partial charge in [0.05, 0.1) is 30.5 Å². The number of aromatic amines is 1. The van der Waals surface area contributed by atoms with Gasteiger partial charge in [0, 0.05) is 23.8 Å². The summed E-state index contributed by atoms with van der Waals surface area (Å²) in [4.78, 5) is 28.0. The molecule has 35 heavy (non-hydrogen) atoms. The van der Waals surface area contributed by atoms with Gasteiger partial charge in [-0.25, -0.2) is 19.3 Å². The van der Waals surface area contributed by atoms with Crippen molar-refractivity contribution in [1.82, 2.24) is 15.5 Å². The molecule has 1 aromatic heterocycles. The largest absolute Gasteiger partial charge is 0.453 e. The second-order valence-corrected chi connectivity index (χ2v) is 8.18. The number of alkyl carbamates (subject to hydrolysis) is 1. The van der Waals surface area contributed by atoms with Gasteiger partial charge in [-0.05, 0) is 46.5 Å². The molecular weight excluding hydrogens is 451 g/mol. The van der Waals surface area contributed by atoms with E-state index in [-0.39, 0.29) is 18.6 Å². The van der Waals surface area contributed by atoms with E-state index < -0.39 is 11.9 Å². The Hall–Kier alpha value is -4.37. The zero-order chi connectivity index (χ0) is 24.5. The first-order valence-electron chi connectivity index (χ1n) is 10.9. The number of carbonyl (C=O) groups is 1. The van der Waals surface area contributed by atoms with E-state index in [0.29, 0.717) is 56.7 Å². The van der Waals surface area contributed by atoms with Crippen LogP contribution in [0.1, 0.15) is 22.4 Å². The molecule has 9 heteroatoms. The van der Waals surface area contributed by atoms with Gasteiger partial charge < -0.3 is 9.84 Å². The van der Waals surface area contributed by atoms with Gasteiger partial charge in [0.25, 0.3) is 5.56 Å². The molecule has 0 radical (unpaired) electrons. The molecule has 176 valence electrons. The molecule has 5 rings (SSSR count). The lowest BCUT2D eigenvalue weighted by Gasteiger charge is -2.13. The van der Waals surface area contributed by atoms with E-state index in [4.69, 9.17) is 0 Å². The van der Waals surface area contributed by atoms with Crippen LogP contribution in [0.2, 0.25) is 0 Å². The summed E-state index contributed by atoms with van der Waals surface area (Å²) in [6.45, 7) is -0.342. The number of halogens is 1. The summed E-state index contributed by atoms with van der Waals surface area (Å²) in [5.74, 6) is -0.0243. The van der Waals surface area contributed by atoms with Crippen molar-refractivity contribution in [2.75, 3.05) is 7.11 Å². The van der Waals surface area contributed by atoms with Gasteiger partial charge in [-0.2, -0.15) is 5.10 Å². The average Bonchev–Trinajstić information content (AvgIpc) is 3.27. The second kappa shape index (κ2) is 9.11. The van der Waals surface area contributed by atoms with Crippen molar-refractivity contribution in [2.24, 2.45) is 4.99 Å². The second-order valence-electron chi connectivity index (χ2n) is 8.18. The quantitative estimate of drug-likeness (QED) is 0.418. The Labute approximate surface area is 199 Å². The number of aromatic nitrogens is 2. The molecule has 8 nitrogen and oxygen atoms in total.